The van der Waals surface area contributed by atoms with Gasteiger partial charge in [-0.3, -0.25) is 9.13 Å². The van der Waals surface area contributed by atoms with Gasteiger partial charge < -0.3 is 9.79 Å². The summed E-state index contributed by atoms with van der Waals surface area (Å²) in [4.78, 5) is 16.7. The van der Waals surface area contributed by atoms with Crippen molar-refractivity contribution in [3.05, 3.63) is 0 Å². The van der Waals surface area contributed by atoms with E-state index in [0.29, 0.717) is 1.82 Å². The monoisotopic (exact) mass is 322 g/mol. The molecule has 0 radical (unpaired) electrons. The first-order valence-corrected chi connectivity index (χ1v) is 5.79. The van der Waals surface area contributed by atoms with Gasteiger partial charge in [-0.15, -0.1) is 0 Å². The molecule has 0 saturated heterocycles. The van der Waals surface area contributed by atoms with Crippen LogP contribution in [0.25, 0.3) is 0 Å². The van der Waals surface area contributed by atoms with Crippen molar-refractivity contribution in [1.29, 1.82) is 0 Å². The molecule has 62 valence electrons. The van der Waals surface area contributed by atoms with E-state index in [4.69, 9.17) is 18.9 Å². The van der Waals surface area contributed by atoms with Crippen LogP contribution in [0.5, 0.6) is 0 Å². The SMILES string of the molecule is C[C](C)(C)[La+2].O=P[O-].O=P[O-]. The van der Waals surface area contributed by atoms with Gasteiger partial charge in [0.15, 0.2) is 0 Å². The zero-order valence-electron chi connectivity index (χ0n) is 6.60. The van der Waals surface area contributed by atoms with Crippen molar-refractivity contribution >= 4 is 17.4 Å². The van der Waals surface area contributed by atoms with Crippen molar-refractivity contribution in [3.8, 4) is 0 Å². The predicted molar refractivity (Wildman–Crippen MR) is 34.9 cm³/mol. The Morgan fingerprint density at radius 3 is 1.09 bits per heavy atom. The van der Waals surface area contributed by atoms with E-state index in [0.717, 1.165) is 33.7 Å². The maximum Gasteiger partial charge on any atom is 0.0642 e. The van der Waals surface area contributed by atoms with Crippen LogP contribution in [0.15, 0.2) is 0 Å². The third-order valence-corrected chi connectivity index (χ3v) is 0. The van der Waals surface area contributed by atoms with Gasteiger partial charge in [0.1, 0.15) is 0 Å². The molecule has 4 nitrogen and oxygen atoms in total. The van der Waals surface area contributed by atoms with Gasteiger partial charge in [-0.1, -0.05) is 0 Å². The molecule has 0 atom stereocenters. The number of hydrogen-bond acceptors (Lipinski definition) is 4. The van der Waals surface area contributed by atoms with Crippen LogP contribution in [0.3, 0.4) is 0 Å². The summed E-state index contributed by atoms with van der Waals surface area (Å²) in [6.45, 7) is 6.78. The van der Waals surface area contributed by atoms with Crippen molar-refractivity contribution in [2.24, 2.45) is 0 Å². The Labute approximate surface area is 92.0 Å². The van der Waals surface area contributed by atoms with Crippen LogP contribution in [0.2, 0.25) is 1.82 Å². The fourth-order valence-corrected chi connectivity index (χ4v) is 0. The average molecular weight is 322 g/mol. The summed E-state index contributed by atoms with van der Waals surface area (Å²) in [5.74, 6) is 0. The minimum Gasteiger partial charge on any atom is -0.772 e. The minimum absolute atomic E-state index is 0.667. The van der Waals surface area contributed by atoms with Crippen LogP contribution >= 0.6 is 17.4 Å². The van der Waals surface area contributed by atoms with Gasteiger partial charge in [-0.05, 0) is 0 Å². The van der Waals surface area contributed by atoms with E-state index in [1.54, 1.807) is 0 Å². The van der Waals surface area contributed by atoms with E-state index in [1.807, 2.05) is 0 Å². The van der Waals surface area contributed by atoms with Crippen molar-refractivity contribution in [2.75, 3.05) is 0 Å². The maximum absolute atomic E-state index is 8.35. The fraction of sp³-hybridized carbons (Fsp3) is 1.00. The molecule has 7 heteroatoms. The van der Waals surface area contributed by atoms with Gasteiger partial charge in [0.05, 0.1) is 17.4 Å². The molecule has 0 aliphatic rings. The zero-order valence-corrected chi connectivity index (χ0v) is 12.0. The van der Waals surface area contributed by atoms with Crippen LogP contribution in [0.1, 0.15) is 20.8 Å². The van der Waals surface area contributed by atoms with Crippen molar-refractivity contribution < 1.29 is 52.6 Å². The second-order valence-corrected chi connectivity index (χ2v) is 8.25. The Kier molecular flexibility index (Phi) is 22.9. The van der Waals surface area contributed by atoms with E-state index in [2.05, 4.69) is 20.8 Å². The van der Waals surface area contributed by atoms with E-state index in [1.165, 1.54) is 0 Å². The molecule has 0 spiro atoms. The Morgan fingerprint density at radius 2 is 1.09 bits per heavy atom. The largest absolute Gasteiger partial charge is 0.772 e. The van der Waals surface area contributed by atoms with Gasteiger partial charge in [0.2, 0.25) is 0 Å². The molecular formula is C4H9LaO4P2. The van der Waals surface area contributed by atoms with E-state index in [-0.39, 0.29) is 0 Å². The molecule has 0 aromatic rings. The molecule has 0 unspecified atom stereocenters. The first-order valence-electron chi connectivity index (χ1n) is 2.52. The van der Waals surface area contributed by atoms with Crippen molar-refractivity contribution in [1.82, 2.24) is 0 Å². The van der Waals surface area contributed by atoms with E-state index in [9.17, 15) is 0 Å². The minimum atomic E-state index is -1.08. The molecular weight excluding hydrogens is 313 g/mol. The molecule has 0 rings (SSSR count). The quantitative estimate of drug-likeness (QED) is 0.620. The molecule has 0 aromatic carbocycles. The summed E-state index contributed by atoms with van der Waals surface area (Å²) in [5.41, 5.74) is 0. The van der Waals surface area contributed by atoms with Crippen LogP contribution in [0.4, 0.5) is 0 Å². The van der Waals surface area contributed by atoms with Crippen molar-refractivity contribution in [2.45, 2.75) is 22.6 Å². The maximum atomic E-state index is 8.35. The van der Waals surface area contributed by atoms with Gasteiger partial charge in [0.25, 0.3) is 0 Å². The summed E-state index contributed by atoms with van der Waals surface area (Å²) in [7, 11) is -2.17. The first-order chi connectivity index (χ1) is 4.83. The molecule has 0 saturated carbocycles. The van der Waals surface area contributed by atoms with Gasteiger partial charge in [-0.25, -0.2) is 0 Å². The summed E-state index contributed by atoms with van der Waals surface area (Å²) in [6.07, 6.45) is 0. The molecule has 0 fully saturated rings. The zero-order chi connectivity index (χ0) is 9.91. The van der Waals surface area contributed by atoms with Gasteiger partial charge >= 0.3 is 56.3 Å². The topological polar surface area (TPSA) is 80.3 Å². The van der Waals surface area contributed by atoms with Crippen LogP contribution in [-0.4, -0.2) is 0 Å². The molecule has 0 aromatic heterocycles. The molecule has 0 aliphatic carbocycles. The Balaban J connectivity index is -0.0000000933. The molecule has 11 heavy (non-hydrogen) atoms. The van der Waals surface area contributed by atoms with Crippen LogP contribution in [-0.2, 0) is 9.13 Å². The molecule has 0 amide bonds. The number of rotatable bonds is 0. The van der Waals surface area contributed by atoms with Crippen molar-refractivity contribution in [3.63, 3.8) is 0 Å². The first kappa shape index (κ1) is 18.2. The smallest absolute Gasteiger partial charge is 0.0642 e. The Bertz CT molecular complexity index is 80.6. The van der Waals surface area contributed by atoms with Gasteiger partial charge in [-0.2, -0.15) is 0 Å². The average Bonchev–Trinajstić information content (AvgIpc) is 1.62. The summed E-state index contributed by atoms with van der Waals surface area (Å²) in [6, 6.07) is 0. The summed E-state index contributed by atoms with van der Waals surface area (Å²) < 4.78 is 17.4. The van der Waals surface area contributed by atoms with E-state index < -0.39 is 17.4 Å². The molecule has 0 aliphatic heterocycles. The second kappa shape index (κ2) is 13.9. The van der Waals surface area contributed by atoms with Crippen LogP contribution in [0, 0.1) is 33.7 Å². The van der Waals surface area contributed by atoms with E-state index >= 15 is 0 Å². The standard InChI is InChI=1S/C4H9.La.2HO2P/c1-4(2)3;;2*1-3-2/h1-3H3;;2*(H,1,2)/q;+2;;/p-2. The van der Waals surface area contributed by atoms with Gasteiger partial charge in [0, 0.05) is 0 Å². The Morgan fingerprint density at radius 1 is 1.09 bits per heavy atom. The molecule has 0 N–H and O–H groups in total. The Hall–Kier alpha value is 1.31. The third kappa shape index (κ3) is 568. The summed E-state index contributed by atoms with van der Waals surface area (Å²) >= 11 is 1.13. The third-order valence-electron chi connectivity index (χ3n) is 0. The number of hydrogen-bond donors (Lipinski definition) is 0. The van der Waals surface area contributed by atoms with Crippen LogP contribution < -0.4 is 9.79 Å². The normalized spacial score (nSPS) is 9.36. The predicted octanol–water partition coefficient (Wildman–Crippen LogP) is 0.861. The molecule has 0 heterocycles. The molecule has 0 bridgehead atoms. The summed E-state index contributed by atoms with van der Waals surface area (Å²) in [5, 5.41) is 0. The fourth-order valence-electron chi connectivity index (χ4n) is 0. The second-order valence-electron chi connectivity index (χ2n) is 2.52.